The van der Waals surface area contributed by atoms with Crippen LogP contribution in [0.5, 0.6) is 0 Å². The zero-order valence-electron chi connectivity index (χ0n) is 7.39. The molecule has 7 heteroatoms. The Kier molecular flexibility index (Phi) is 4.33. The van der Waals surface area contributed by atoms with Crippen LogP contribution in [0.2, 0.25) is 0 Å². The van der Waals surface area contributed by atoms with Gasteiger partial charge in [0.05, 0.1) is 21.1 Å². The molecule has 0 aromatic rings. The van der Waals surface area contributed by atoms with Crippen LogP contribution in [-0.4, -0.2) is 44.0 Å². The van der Waals surface area contributed by atoms with Gasteiger partial charge < -0.3 is 13.9 Å². The topological polar surface area (TPSA) is 78.8 Å². The van der Waals surface area contributed by atoms with E-state index in [2.05, 4.69) is 9.20 Å². The third kappa shape index (κ3) is 6.72. The molecule has 0 spiro atoms. The zero-order chi connectivity index (χ0) is 9.83. The number of phosphoric ester groups is 1. The third-order valence-corrected chi connectivity index (χ3v) is 1.81. The van der Waals surface area contributed by atoms with Crippen LogP contribution in [0.4, 0.5) is 0 Å². The molecular formula is C5H14NO5P. The molecule has 1 atom stereocenters. The minimum Gasteiger partial charge on any atom is -0.754 e. The number of quaternary nitrogens is 1. The Morgan fingerprint density at radius 2 is 2.00 bits per heavy atom. The summed E-state index contributed by atoms with van der Waals surface area (Å²) in [5.74, 6) is 0. The van der Waals surface area contributed by atoms with Crippen molar-refractivity contribution in [3.8, 4) is 0 Å². The fourth-order valence-corrected chi connectivity index (χ4v) is 0.802. The van der Waals surface area contributed by atoms with Gasteiger partial charge in [0.2, 0.25) is 0 Å². The standard InChI is InChI=1S/C5H14NO5P/c1-6(2,3)4-5-10-12(8,9)11-7/h4-5H2,1-3H3,(H-,7,8,9). The summed E-state index contributed by atoms with van der Waals surface area (Å²) in [4.78, 5) is 10.4. The van der Waals surface area contributed by atoms with Crippen molar-refractivity contribution in [3.05, 3.63) is 0 Å². The van der Waals surface area contributed by atoms with Crippen LogP contribution in [-0.2, 0) is 13.8 Å². The van der Waals surface area contributed by atoms with E-state index in [0.717, 1.165) is 0 Å². The van der Waals surface area contributed by atoms with Crippen LogP contribution in [0.25, 0.3) is 0 Å². The lowest BCUT2D eigenvalue weighted by molar-refractivity contribution is -0.870. The zero-order valence-corrected chi connectivity index (χ0v) is 8.28. The number of likely N-dealkylation sites (N-methyl/N-ethyl adjacent to an activating group) is 1. The summed E-state index contributed by atoms with van der Waals surface area (Å²) in [7, 11) is 1.20. The van der Waals surface area contributed by atoms with Gasteiger partial charge in [0.15, 0.2) is 0 Å². The van der Waals surface area contributed by atoms with Crippen LogP contribution >= 0.6 is 7.82 Å². The lowest BCUT2D eigenvalue weighted by atomic mass is 10.5. The minimum absolute atomic E-state index is 0.00909. The molecule has 0 aromatic carbocycles. The molecule has 1 N–H and O–H groups in total. The van der Waals surface area contributed by atoms with E-state index in [9.17, 15) is 9.46 Å². The first-order valence-corrected chi connectivity index (χ1v) is 4.82. The van der Waals surface area contributed by atoms with Gasteiger partial charge in [0, 0.05) is 0 Å². The molecule has 0 heterocycles. The molecule has 6 nitrogen and oxygen atoms in total. The maximum Gasteiger partial charge on any atom is 0.297 e. The van der Waals surface area contributed by atoms with Gasteiger partial charge in [-0.2, -0.15) is 4.67 Å². The fourth-order valence-electron chi connectivity index (χ4n) is 0.450. The van der Waals surface area contributed by atoms with Crippen molar-refractivity contribution >= 4 is 7.82 Å². The monoisotopic (exact) mass is 199 g/mol. The summed E-state index contributed by atoms with van der Waals surface area (Å²) in [6, 6.07) is 0. The Bertz CT molecular complexity index is 177. The molecule has 0 rings (SSSR count). The lowest BCUT2D eigenvalue weighted by Crippen LogP contribution is -2.37. The number of hydrogen-bond donors (Lipinski definition) is 1. The highest BCUT2D eigenvalue weighted by Gasteiger charge is 2.12. The third-order valence-electron chi connectivity index (χ3n) is 1.11. The average Bonchev–Trinajstić information content (AvgIpc) is 1.84. The minimum atomic E-state index is -4.46. The maximum atomic E-state index is 10.4. The smallest absolute Gasteiger partial charge is 0.297 e. The van der Waals surface area contributed by atoms with E-state index in [1.165, 1.54) is 0 Å². The number of nitrogens with zero attached hydrogens (tertiary/aromatic N) is 1. The molecule has 0 radical (unpaired) electrons. The van der Waals surface area contributed by atoms with Crippen molar-refractivity contribution in [2.24, 2.45) is 0 Å². The first-order valence-electron chi connectivity index (χ1n) is 3.36. The van der Waals surface area contributed by atoms with Gasteiger partial charge in [-0.25, -0.2) is 5.26 Å². The Hall–Kier alpha value is 0.0300. The second kappa shape index (κ2) is 4.32. The molecule has 1 unspecified atom stereocenters. The predicted octanol–water partition coefficient (Wildman–Crippen LogP) is -0.333. The molecule has 0 aliphatic carbocycles. The van der Waals surface area contributed by atoms with Crippen molar-refractivity contribution in [2.75, 3.05) is 34.3 Å². The second-order valence-corrected chi connectivity index (χ2v) is 4.69. The van der Waals surface area contributed by atoms with Gasteiger partial charge >= 0.3 is 0 Å². The highest BCUT2D eigenvalue weighted by Crippen LogP contribution is 2.36. The Balaban J connectivity index is 3.65. The first-order chi connectivity index (χ1) is 5.27. The Morgan fingerprint density at radius 1 is 1.50 bits per heavy atom. The summed E-state index contributed by atoms with van der Waals surface area (Å²) < 4.78 is 18.4. The quantitative estimate of drug-likeness (QED) is 0.284. The van der Waals surface area contributed by atoms with E-state index < -0.39 is 7.82 Å². The molecule has 0 saturated heterocycles. The summed E-state index contributed by atoms with van der Waals surface area (Å²) in [6.07, 6.45) is 0. The molecular weight excluding hydrogens is 185 g/mol. The van der Waals surface area contributed by atoms with E-state index in [-0.39, 0.29) is 6.61 Å². The molecule has 0 aliphatic rings. The highest BCUT2D eigenvalue weighted by molar-refractivity contribution is 7.45. The van der Waals surface area contributed by atoms with E-state index >= 15 is 0 Å². The average molecular weight is 199 g/mol. The van der Waals surface area contributed by atoms with E-state index in [4.69, 9.17) is 5.26 Å². The summed E-state index contributed by atoms with van der Waals surface area (Å²) in [5.41, 5.74) is 0. The van der Waals surface area contributed by atoms with Gasteiger partial charge in [0.1, 0.15) is 13.2 Å². The van der Waals surface area contributed by atoms with Crippen molar-refractivity contribution in [2.45, 2.75) is 0 Å². The maximum absolute atomic E-state index is 10.4. The molecule has 0 aromatic heterocycles. The van der Waals surface area contributed by atoms with Crippen LogP contribution in [0.3, 0.4) is 0 Å². The number of phosphoric acid groups is 1. The van der Waals surface area contributed by atoms with Crippen LogP contribution in [0, 0.1) is 0 Å². The first kappa shape index (κ1) is 12.0. The lowest BCUT2D eigenvalue weighted by Gasteiger charge is -2.25. The summed E-state index contributed by atoms with van der Waals surface area (Å²) >= 11 is 0. The van der Waals surface area contributed by atoms with Crippen LogP contribution in [0.15, 0.2) is 0 Å². The fraction of sp³-hybridized carbons (Fsp3) is 1.00. The van der Waals surface area contributed by atoms with Crippen molar-refractivity contribution < 1.29 is 28.4 Å². The summed E-state index contributed by atoms with van der Waals surface area (Å²) in [6.45, 7) is 0.500. The SMILES string of the molecule is C[N+](C)(C)CCOP(=O)([O-])OO. The van der Waals surface area contributed by atoms with Gasteiger partial charge in [-0.05, 0) is 0 Å². The Morgan fingerprint density at radius 3 is 2.33 bits per heavy atom. The number of rotatable bonds is 5. The van der Waals surface area contributed by atoms with Gasteiger partial charge in [-0.15, -0.1) is 0 Å². The Labute approximate surface area is 71.5 Å². The molecule has 0 aliphatic heterocycles. The summed E-state index contributed by atoms with van der Waals surface area (Å²) in [5, 5.41) is 7.82. The van der Waals surface area contributed by atoms with Crippen molar-refractivity contribution in [1.29, 1.82) is 0 Å². The number of hydrogen-bond acceptors (Lipinski definition) is 5. The van der Waals surface area contributed by atoms with Gasteiger partial charge in [-0.3, -0.25) is 4.57 Å². The largest absolute Gasteiger partial charge is 0.754 e. The predicted molar refractivity (Wildman–Crippen MR) is 40.2 cm³/mol. The normalized spacial score (nSPS) is 17.4. The van der Waals surface area contributed by atoms with E-state index in [0.29, 0.717) is 11.0 Å². The highest BCUT2D eigenvalue weighted by atomic mass is 31.2. The van der Waals surface area contributed by atoms with Gasteiger partial charge in [0.25, 0.3) is 7.82 Å². The molecule has 12 heavy (non-hydrogen) atoms. The van der Waals surface area contributed by atoms with E-state index in [1.54, 1.807) is 0 Å². The molecule has 0 saturated carbocycles. The molecule has 0 bridgehead atoms. The van der Waals surface area contributed by atoms with E-state index in [1.807, 2.05) is 21.1 Å². The van der Waals surface area contributed by atoms with Crippen molar-refractivity contribution in [1.82, 2.24) is 0 Å². The van der Waals surface area contributed by atoms with Crippen LogP contribution in [0.1, 0.15) is 0 Å². The van der Waals surface area contributed by atoms with Crippen LogP contribution < -0.4 is 4.89 Å². The molecule has 0 amide bonds. The second-order valence-electron chi connectivity index (χ2n) is 3.38. The molecule has 0 fully saturated rings. The molecule has 74 valence electrons. The van der Waals surface area contributed by atoms with Gasteiger partial charge in [-0.1, -0.05) is 0 Å². The van der Waals surface area contributed by atoms with Crippen molar-refractivity contribution in [3.63, 3.8) is 0 Å².